The molecule has 2 aromatic carbocycles. The number of aromatic nitrogens is 1. The molecule has 0 saturated carbocycles. The van der Waals surface area contributed by atoms with Gasteiger partial charge in [0, 0.05) is 49.3 Å². The van der Waals surface area contributed by atoms with E-state index >= 15 is 0 Å². The van der Waals surface area contributed by atoms with Crippen molar-refractivity contribution in [3.05, 3.63) is 94.8 Å². The van der Waals surface area contributed by atoms with E-state index in [1.165, 1.54) is 15.9 Å². The second kappa shape index (κ2) is 11.8. The first kappa shape index (κ1) is 27.2. The summed E-state index contributed by atoms with van der Waals surface area (Å²) in [5.41, 5.74) is 7.96. The third-order valence-corrected chi connectivity index (χ3v) is 8.42. The molecule has 1 atom stereocenters. The topological polar surface area (TPSA) is 116 Å². The number of nitrogens with zero attached hydrogens (tertiary/aromatic N) is 3. The number of fused-ring (bicyclic) bond motifs is 1. The van der Waals surface area contributed by atoms with E-state index in [0.717, 1.165) is 31.7 Å². The van der Waals surface area contributed by atoms with Gasteiger partial charge in [-0.05, 0) is 41.5 Å². The lowest BCUT2D eigenvalue weighted by Crippen LogP contribution is -2.47. The number of nitrogens with one attached hydrogen (secondary N) is 2. The van der Waals surface area contributed by atoms with E-state index in [0.29, 0.717) is 43.5 Å². The summed E-state index contributed by atoms with van der Waals surface area (Å²) in [6.07, 6.45) is 1.73. The number of allylic oxidation sites excluding steroid dienone is 1. The first-order chi connectivity index (χ1) is 18.9. The number of carbonyl (C=O) groups excluding carboxylic acids is 1. The number of hydrogen-bond donors (Lipinski definition) is 3. The smallest absolute Gasteiger partial charge is 0.274 e. The van der Waals surface area contributed by atoms with Crippen LogP contribution in [0.2, 0.25) is 10.0 Å². The highest BCUT2D eigenvalue weighted by Gasteiger charge is 2.35. The third-order valence-electron chi connectivity index (χ3n) is 6.81. The molecular formula is C28H26Cl2N6O2S. The van der Waals surface area contributed by atoms with Gasteiger partial charge in [-0.2, -0.15) is 5.26 Å². The Bertz CT molecular complexity index is 1650. The molecule has 4 N–H and O–H groups in total. The molecule has 1 fully saturated rings. The minimum absolute atomic E-state index is 0.0156. The van der Waals surface area contributed by atoms with Crippen LogP contribution in [0.3, 0.4) is 0 Å². The van der Waals surface area contributed by atoms with Gasteiger partial charge in [-0.25, -0.2) is 0 Å². The van der Waals surface area contributed by atoms with E-state index < -0.39 is 11.5 Å². The maximum Gasteiger partial charge on any atom is 0.274 e. The van der Waals surface area contributed by atoms with Crippen molar-refractivity contribution < 1.29 is 4.79 Å². The highest BCUT2D eigenvalue weighted by molar-refractivity contribution is 7.07. The minimum Gasteiger partial charge on any atom is -0.384 e. The van der Waals surface area contributed by atoms with E-state index in [2.05, 4.69) is 21.6 Å². The number of nitriles is 1. The van der Waals surface area contributed by atoms with Gasteiger partial charge >= 0.3 is 0 Å². The maximum atomic E-state index is 13.8. The van der Waals surface area contributed by atoms with Gasteiger partial charge in [0.1, 0.15) is 10.5 Å². The second-order valence-electron chi connectivity index (χ2n) is 9.26. The third kappa shape index (κ3) is 5.66. The molecule has 5 rings (SSSR count). The number of rotatable bonds is 6. The van der Waals surface area contributed by atoms with Crippen LogP contribution < -0.4 is 31.1 Å². The molecule has 1 unspecified atom stereocenters. The Morgan fingerprint density at radius 2 is 1.77 bits per heavy atom. The number of carbonyl (C=O) groups is 1. The molecule has 200 valence electrons. The minimum atomic E-state index is -0.757. The molecule has 0 bridgehead atoms. The molecule has 0 aliphatic carbocycles. The van der Waals surface area contributed by atoms with Gasteiger partial charge in [0.05, 0.1) is 27.7 Å². The predicted molar refractivity (Wildman–Crippen MR) is 156 cm³/mol. The van der Waals surface area contributed by atoms with Crippen molar-refractivity contribution in [1.82, 2.24) is 20.1 Å². The summed E-state index contributed by atoms with van der Waals surface area (Å²) in [6, 6.07) is 16.2. The molecule has 8 nitrogen and oxygen atoms in total. The molecule has 2 aliphatic heterocycles. The zero-order valence-corrected chi connectivity index (χ0v) is 23.2. The molecule has 0 spiro atoms. The summed E-state index contributed by atoms with van der Waals surface area (Å²) in [6.45, 7) is 4.76. The van der Waals surface area contributed by atoms with Gasteiger partial charge in [0.25, 0.3) is 11.5 Å². The van der Waals surface area contributed by atoms with Crippen molar-refractivity contribution in [2.45, 2.75) is 5.92 Å². The van der Waals surface area contributed by atoms with E-state index in [9.17, 15) is 14.9 Å². The molecule has 2 aliphatic rings. The van der Waals surface area contributed by atoms with Gasteiger partial charge in [0.15, 0.2) is 0 Å². The molecule has 0 radical (unpaired) electrons. The summed E-state index contributed by atoms with van der Waals surface area (Å²) in [5, 5.41) is 17.6. The summed E-state index contributed by atoms with van der Waals surface area (Å²) >= 11 is 13.3. The zero-order chi connectivity index (χ0) is 27.5. The number of benzene rings is 2. The number of thiazole rings is 1. The molecule has 39 heavy (non-hydrogen) atoms. The fourth-order valence-electron chi connectivity index (χ4n) is 4.82. The van der Waals surface area contributed by atoms with Crippen LogP contribution in [-0.2, 0) is 4.79 Å². The fraction of sp³-hybridized carbons (Fsp3) is 0.250. The SMILES string of the molecule is N#CC1=C(N)n2c(s/c(=C\c3ccc(Cl)cc3)c2=O)=C(C(=O)NCCN2CCNCC2)C1c1ccc(Cl)cc1. The molecule has 3 heterocycles. The average Bonchev–Trinajstić information content (AvgIpc) is 3.26. The lowest BCUT2D eigenvalue weighted by atomic mass is 9.83. The van der Waals surface area contributed by atoms with Crippen molar-refractivity contribution in [2.75, 3.05) is 39.3 Å². The number of halogens is 2. The molecule has 1 saturated heterocycles. The van der Waals surface area contributed by atoms with Crippen LogP contribution in [0.1, 0.15) is 17.0 Å². The number of piperazine rings is 1. The second-order valence-corrected chi connectivity index (χ2v) is 11.2. The van der Waals surface area contributed by atoms with E-state index in [1.807, 2.05) is 0 Å². The van der Waals surface area contributed by atoms with E-state index in [4.69, 9.17) is 28.9 Å². The molecule has 11 heteroatoms. The van der Waals surface area contributed by atoms with Crippen LogP contribution in [0.5, 0.6) is 0 Å². The Balaban J connectivity index is 1.65. The number of nitrogens with two attached hydrogens (primary N) is 1. The normalized spacial score (nSPS) is 18.1. The summed E-state index contributed by atoms with van der Waals surface area (Å²) in [5.74, 6) is -1.09. The van der Waals surface area contributed by atoms with Crippen LogP contribution in [-0.4, -0.2) is 54.6 Å². The Labute approximate surface area is 239 Å². The monoisotopic (exact) mass is 580 g/mol. The van der Waals surface area contributed by atoms with E-state index in [-0.39, 0.29) is 17.3 Å². The van der Waals surface area contributed by atoms with Gasteiger partial charge in [0.2, 0.25) is 0 Å². The molecular weight excluding hydrogens is 555 g/mol. The number of amides is 1. The zero-order valence-electron chi connectivity index (χ0n) is 20.9. The van der Waals surface area contributed by atoms with Crippen molar-refractivity contribution in [3.8, 4) is 6.07 Å². The summed E-state index contributed by atoms with van der Waals surface area (Å²) < 4.78 is 2.06. The molecule has 1 aromatic heterocycles. The van der Waals surface area contributed by atoms with Crippen molar-refractivity contribution in [2.24, 2.45) is 5.73 Å². The fourth-order valence-corrected chi connectivity index (χ4v) is 6.25. The van der Waals surface area contributed by atoms with Crippen LogP contribution in [0, 0.1) is 11.3 Å². The predicted octanol–water partition coefficient (Wildman–Crippen LogP) is 1.67. The Morgan fingerprint density at radius 1 is 1.13 bits per heavy atom. The van der Waals surface area contributed by atoms with Gasteiger partial charge < -0.3 is 16.4 Å². The van der Waals surface area contributed by atoms with Crippen molar-refractivity contribution in [3.63, 3.8) is 0 Å². The van der Waals surface area contributed by atoms with Crippen LogP contribution in [0.15, 0.2) is 58.9 Å². The van der Waals surface area contributed by atoms with Gasteiger partial charge in [-0.15, -0.1) is 11.3 Å². The standard InChI is InChI=1S/C28H26Cl2N6O2S/c29-19-5-1-17(2-6-19)15-22-27(38)36-25(32)21(16-31)23(18-3-7-20(30)8-4-18)24(28(36)39-22)26(37)34-11-14-35-12-9-33-10-13-35/h1-8,15,23,33H,9-14,32H2,(H,34,37)/b22-15-. The quantitative estimate of drug-likeness (QED) is 0.408. The van der Waals surface area contributed by atoms with Crippen LogP contribution >= 0.6 is 34.5 Å². The summed E-state index contributed by atoms with van der Waals surface area (Å²) in [7, 11) is 0. The Kier molecular flexibility index (Phi) is 8.21. The van der Waals surface area contributed by atoms with Crippen LogP contribution in [0.25, 0.3) is 17.5 Å². The average molecular weight is 582 g/mol. The first-order valence-electron chi connectivity index (χ1n) is 12.5. The number of hydrogen-bond acceptors (Lipinski definition) is 7. The Hall–Kier alpha value is -3.39. The maximum absolute atomic E-state index is 13.8. The Morgan fingerprint density at radius 3 is 2.41 bits per heavy atom. The highest BCUT2D eigenvalue weighted by atomic mass is 35.5. The molecule has 1 amide bonds. The first-order valence-corrected chi connectivity index (χ1v) is 14.0. The lowest BCUT2D eigenvalue weighted by molar-refractivity contribution is -0.116. The summed E-state index contributed by atoms with van der Waals surface area (Å²) in [4.78, 5) is 29.7. The molecule has 3 aromatic rings. The largest absolute Gasteiger partial charge is 0.384 e. The van der Waals surface area contributed by atoms with Crippen molar-refractivity contribution >= 4 is 57.9 Å². The van der Waals surface area contributed by atoms with Crippen molar-refractivity contribution in [1.29, 1.82) is 5.26 Å². The van der Waals surface area contributed by atoms with Gasteiger partial charge in [-0.1, -0.05) is 47.5 Å². The van der Waals surface area contributed by atoms with Crippen LogP contribution in [0.4, 0.5) is 0 Å². The van der Waals surface area contributed by atoms with Gasteiger partial charge in [-0.3, -0.25) is 19.1 Å². The highest BCUT2D eigenvalue weighted by Crippen LogP contribution is 2.36. The van der Waals surface area contributed by atoms with E-state index in [1.54, 1.807) is 54.6 Å². The lowest BCUT2D eigenvalue weighted by Gasteiger charge is -2.28.